The van der Waals surface area contributed by atoms with Crippen molar-refractivity contribution < 1.29 is 4.79 Å². The summed E-state index contributed by atoms with van der Waals surface area (Å²) in [7, 11) is 0. The summed E-state index contributed by atoms with van der Waals surface area (Å²) in [6.45, 7) is 3.71. The highest BCUT2D eigenvalue weighted by atomic mass is 32.2. The molecule has 0 unspecified atom stereocenters. The normalized spacial score (nSPS) is 20.2. The molecule has 0 radical (unpaired) electrons. The van der Waals surface area contributed by atoms with Crippen LogP contribution in [0.5, 0.6) is 0 Å². The Morgan fingerprint density at radius 2 is 1.89 bits per heavy atom. The average molecular weight is 280 g/mol. The van der Waals surface area contributed by atoms with Gasteiger partial charge in [-0.25, -0.2) is 0 Å². The molecule has 0 bridgehead atoms. The summed E-state index contributed by atoms with van der Waals surface area (Å²) in [5.74, 6) is 6.90. The Morgan fingerprint density at radius 3 is 2.63 bits per heavy atom. The number of likely N-dealkylation sites (tertiary alicyclic amines) is 1. The minimum atomic E-state index is 0.132. The van der Waals surface area contributed by atoms with E-state index in [4.69, 9.17) is 0 Å². The molecule has 0 atom stereocenters. The number of hydrogen-bond acceptors (Lipinski definition) is 3. The standard InChI is InChI=1S/C15H24N2OS/c18-15(13-19-14-7-1-2-8-14)16-9-3-4-10-17-11-5-6-12-17/h14H,1-2,5-13H2,(H,16,18). The van der Waals surface area contributed by atoms with E-state index in [-0.39, 0.29) is 5.91 Å². The number of nitrogens with one attached hydrogen (secondary N) is 1. The number of thioether (sulfide) groups is 1. The van der Waals surface area contributed by atoms with Crippen LogP contribution in [-0.2, 0) is 4.79 Å². The Hall–Kier alpha value is -0.660. The first-order valence-corrected chi connectivity index (χ1v) is 8.46. The lowest BCUT2D eigenvalue weighted by Crippen LogP contribution is -2.26. The molecule has 2 rings (SSSR count). The average Bonchev–Trinajstić information content (AvgIpc) is 3.09. The van der Waals surface area contributed by atoms with E-state index in [0.29, 0.717) is 17.5 Å². The Balaban J connectivity index is 1.49. The molecule has 0 aromatic heterocycles. The van der Waals surface area contributed by atoms with Gasteiger partial charge < -0.3 is 5.32 Å². The van der Waals surface area contributed by atoms with Gasteiger partial charge in [0.05, 0.1) is 18.8 Å². The molecule has 0 aromatic carbocycles. The summed E-state index contributed by atoms with van der Waals surface area (Å²) >= 11 is 1.81. The first kappa shape index (κ1) is 14.7. The lowest BCUT2D eigenvalue weighted by atomic mass is 10.4. The van der Waals surface area contributed by atoms with Gasteiger partial charge in [-0.2, -0.15) is 0 Å². The third kappa shape index (κ3) is 5.88. The fraction of sp³-hybridized carbons (Fsp3) is 0.800. The van der Waals surface area contributed by atoms with Crippen molar-refractivity contribution in [3.05, 3.63) is 0 Å². The van der Waals surface area contributed by atoms with Crippen LogP contribution in [0.1, 0.15) is 38.5 Å². The number of rotatable bonds is 5. The van der Waals surface area contributed by atoms with Crippen molar-refractivity contribution in [2.75, 3.05) is 31.9 Å². The van der Waals surface area contributed by atoms with Crippen LogP contribution < -0.4 is 5.32 Å². The van der Waals surface area contributed by atoms with Gasteiger partial charge in [0, 0.05) is 5.25 Å². The summed E-state index contributed by atoms with van der Waals surface area (Å²) < 4.78 is 0. The summed E-state index contributed by atoms with van der Waals surface area (Å²) in [6.07, 6.45) is 7.84. The fourth-order valence-corrected chi connectivity index (χ4v) is 3.77. The molecule has 0 aromatic rings. The fourth-order valence-electron chi connectivity index (χ4n) is 2.61. The van der Waals surface area contributed by atoms with Gasteiger partial charge in [-0.05, 0) is 38.8 Å². The van der Waals surface area contributed by atoms with Gasteiger partial charge in [-0.3, -0.25) is 9.69 Å². The Kier molecular flexibility index (Phi) is 6.59. The SMILES string of the molecule is O=C(CSC1CCCC1)NCC#CCN1CCCC1. The molecule has 1 heterocycles. The largest absolute Gasteiger partial charge is 0.344 e. The van der Waals surface area contributed by atoms with Crippen molar-refractivity contribution in [2.45, 2.75) is 43.8 Å². The second-order valence-corrected chi connectivity index (χ2v) is 6.62. The predicted octanol–water partition coefficient (Wildman–Crippen LogP) is 1.88. The van der Waals surface area contributed by atoms with E-state index in [2.05, 4.69) is 22.1 Å². The molecule has 3 nitrogen and oxygen atoms in total. The van der Waals surface area contributed by atoms with E-state index in [1.165, 1.54) is 51.6 Å². The lowest BCUT2D eigenvalue weighted by Gasteiger charge is -2.09. The molecule has 19 heavy (non-hydrogen) atoms. The molecular formula is C15H24N2OS. The van der Waals surface area contributed by atoms with Crippen LogP contribution in [0.15, 0.2) is 0 Å². The van der Waals surface area contributed by atoms with Gasteiger partial charge in [0.2, 0.25) is 5.91 Å². The zero-order valence-corrected chi connectivity index (χ0v) is 12.4. The van der Waals surface area contributed by atoms with Crippen molar-refractivity contribution in [3.63, 3.8) is 0 Å². The van der Waals surface area contributed by atoms with Crippen LogP contribution in [0.25, 0.3) is 0 Å². The number of hydrogen-bond donors (Lipinski definition) is 1. The second-order valence-electron chi connectivity index (χ2n) is 5.33. The third-order valence-corrected chi connectivity index (χ3v) is 5.12. The third-order valence-electron chi connectivity index (χ3n) is 3.75. The van der Waals surface area contributed by atoms with Gasteiger partial charge in [-0.15, -0.1) is 11.8 Å². The maximum Gasteiger partial charge on any atom is 0.230 e. The van der Waals surface area contributed by atoms with Gasteiger partial charge in [0.15, 0.2) is 0 Å². The minimum absolute atomic E-state index is 0.132. The maximum absolute atomic E-state index is 11.6. The van der Waals surface area contributed by atoms with Crippen LogP contribution in [-0.4, -0.2) is 48.0 Å². The second kappa shape index (κ2) is 8.50. The van der Waals surface area contributed by atoms with Crippen molar-refractivity contribution in [3.8, 4) is 11.8 Å². The molecule has 106 valence electrons. The Bertz CT molecular complexity index is 336. The molecule has 1 saturated carbocycles. The quantitative estimate of drug-likeness (QED) is 0.781. The first-order valence-electron chi connectivity index (χ1n) is 7.41. The molecule has 2 aliphatic rings. The highest BCUT2D eigenvalue weighted by molar-refractivity contribution is 8.00. The molecular weight excluding hydrogens is 256 g/mol. The van der Waals surface area contributed by atoms with E-state index in [1.807, 2.05) is 11.8 Å². The number of carbonyl (C=O) groups is 1. The van der Waals surface area contributed by atoms with Crippen LogP contribution in [0, 0.1) is 11.8 Å². The summed E-state index contributed by atoms with van der Waals surface area (Å²) in [6, 6.07) is 0. The van der Waals surface area contributed by atoms with Crippen molar-refractivity contribution in [2.24, 2.45) is 0 Å². The molecule has 1 saturated heterocycles. The molecule has 1 N–H and O–H groups in total. The summed E-state index contributed by atoms with van der Waals surface area (Å²) in [5.41, 5.74) is 0. The minimum Gasteiger partial charge on any atom is -0.344 e. The predicted molar refractivity (Wildman–Crippen MR) is 81.2 cm³/mol. The van der Waals surface area contributed by atoms with Crippen molar-refractivity contribution >= 4 is 17.7 Å². The van der Waals surface area contributed by atoms with Crippen LogP contribution in [0.2, 0.25) is 0 Å². The van der Waals surface area contributed by atoms with Crippen molar-refractivity contribution in [1.29, 1.82) is 0 Å². The van der Waals surface area contributed by atoms with E-state index in [9.17, 15) is 4.79 Å². The maximum atomic E-state index is 11.6. The van der Waals surface area contributed by atoms with Crippen LogP contribution in [0.4, 0.5) is 0 Å². The van der Waals surface area contributed by atoms with Crippen LogP contribution in [0.3, 0.4) is 0 Å². The first-order chi connectivity index (χ1) is 9.34. The molecule has 4 heteroatoms. The Morgan fingerprint density at radius 1 is 1.16 bits per heavy atom. The van der Waals surface area contributed by atoms with Gasteiger partial charge >= 0.3 is 0 Å². The van der Waals surface area contributed by atoms with E-state index < -0.39 is 0 Å². The van der Waals surface area contributed by atoms with Gasteiger partial charge in [0.25, 0.3) is 0 Å². The molecule has 2 fully saturated rings. The molecule has 1 amide bonds. The number of carbonyl (C=O) groups excluding carboxylic acids is 1. The van der Waals surface area contributed by atoms with E-state index in [1.54, 1.807) is 0 Å². The Labute approximate surface area is 120 Å². The van der Waals surface area contributed by atoms with E-state index in [0.717, 1.165) is 6.54 Å². The summed E-state index contributed by atoms with van der Waals surface area (Å²) in [4.78, 5) is 14.0. The van der Waals surface area contributed by atoms with E-state index >= 15 is 0 Å². The highest BCUT2D eigenvalue weighted by Gasteiger charge is 2.16. The topological polar surface area (TPSA) is 32.3 Å². The smallest absolute Gasteiger partial charge is 0.230 e. The number of amides is 1. The zero-order chi connectivity index (χ0) is 13.3. The number of nitrogens with zero attached hydrogens (tertiary/aromatic N) is 1. The van der Waals surface area contributed by atoms with Gasteiger partial charge in [-0.1, -0.05) is 24.7 Å². The summed E-state index contributed by atoms with van der Waals surface area (Å²) in [5, 5.41) is 3.59. The van der Waals surface area contributed by atoms with Crippen LogP contribution >= 0.6 is 11.8 Å². The lowest BCUT2D eigenvalue weighted by molar-refractivity contribution is -0.118. The van der Waals surface area contributed by atoms with Crippen molar-refractivity contribution in [1.82, 2.24) is 10.2 Å². The molecule has 0 spiro atoms. The van der Waals surface area contributed by atoms with Gasteiger partial charge in [0.1, 0.15) is 0 Å². The highest BCUT2D eigenvalue weighted by Crippen LogP contribution is 2.28. The monoisotopic (exact) mass is 280 g/mol. The molecule has 1 aliphatic carbocycles. The molecule has 1 aliphatic heterocycles. The zero-order valence-electron chi connectivity index (χ0n) is 11.6.